The second kappa shape index (κ2) is 9.56. The lowest BCUT2D eigenvalue weighted by Gasteiger charge is -2.18. The van der Waals surface area contributed by atoms with E-state index >= 15 is 0 Å². The van der Waals surface area contributed by atoms with Crippen LogP contribution < -0.4 is 24.3 Å². The summed E-state index contributed by atoms with van der Waals surface area (Å²) in [6.45, 7) is 4.33. The van der Waals surface area contributed by atoms with Gasteiger partial charge in [-0.2, -0.15) is 0 Å². The van der Waals surface area contributed by atoms with Crippen LogP contribution in [-0.4, -0.2) is 33.3 Å². The third kappa shape index (κ3) is 5.31. The topological polar surface area (TPSA) is 66.0 Å². The van der Waals surface area contributed by atoms with Gasteiger partial charge in [-0.25, -0.2) is 0 Å². The van der Waals surface area contributed by atoms with Crippen molar-refractivity contribution in [3.05, 3.63) is 48.0 Å². The van der Waals surface area contributed by atoms with E-state index in [-0.39, 0.29) is 18.6 Å². The molecule has 0 heterocycles. The molecule has 6 nitrogen and oxygen atoms in total. The molecule has 2 aromatic carbocycles. The highest BCUT2D eigenvalue weighted by Crippen LogP contribution is 2.29. The lowest BCUT2D eigenvalue weighted by atomic mass is 10.1. The van der Waals surface area contributed by atoms with E-state index in [0.717, 1.165) is 11.3 Å². The van der Waals surface area contributed by atoms with Crippen LogP contribution in [0.5, 0.6) is 23.0 Å². The fourth-order valence-corrected chi connectivity index (χ4v) is 2.49. The van der Waals surface area contributed by atoms with Gasteiger partial charge < -0.3 is 24.3 Å². The molecule has 0 unspecified atom stereocenters. The molecule has 0 fully saturated rings. The molecule has 1 N–H and O–H groups in total. The van der Waals surface area contributed by atoms with E-state index < -0.39 is 0 Å². The molecule has 1 amide bonds. The Morgan fingerprint density at radius 1 is 0.962 bits per heavy atom. The Balaban J connectivity index is 1.92. The van der Waals surface area contributed by atoms with E-state index in [4.69, 9.17) is 18.9 Å². The number of ether oxygens (including phenoxy) is 4. The predicted molar refractivity (Wildman–Crippen MR) is 99.2 cm³/mol. The van der Waals surface area contributed by atoms with Gasteiger partial charge in [0.15, 0.2) is 6.61 Å². The highest BCUT2D eigenvalue weighted by molar-refractivity contribution is 5.78. The van der Waals surface area contributed by atoms with Gasteiger partial charge in [0.25, 0.3) is 5.91 Å². The minimum atomic E-state index is -0.253. The van der Waals surface area contributed by atoms with Crippen LogP contribution in [0, 0.1) is 0 Å². The van der Waals surface area contributed by atoms with Crippen molar-refractivity contribution < 1.29 is 23.7 Å². The highest BCUT2D eigenvalue weighted by atomic mass is 16.5. The van der Waals surface area contributed by atoms with Gasteiger partial charge in [-0.3, -0.25) is 4.79 Å². The summed E-state index contributed by atoms with van der Waals surface area (Å²) in [4.78, 5) is 12.2. The van der Waals surface area contributed by atoms with Gasteiger partial charge in [0.1, 0.15) is 23.0 Å². The van der Waals surface area contributed by atoms with Crippen molar-refractivity contribution in [2.24, 2.45) is 0 Å². The van der Waals surface area contributed by atoms with Crippen molar-refractivity contribution in [3.8, 4) is 23.0 Å². The first-order valence-corrected chi connectivity index (χ1v) is 8.44. The van der Waals surface area contributed by atoms with Crippen LogP contribution in [0.2, 0.25) is 0 Å². The van der Waals surface area contributed by atoms with Gasteiger partial charge in [-0.1, -0.05) is 0 Å². The molecular weight excluding hydrogens is 334 g/mol. The van der Waals surface area contributed by atoms with Crippen LogP contribution in [-0.2, 0) is 4.79 Å². The largest absolute Gasteiger partial charge is 0.497 e. The molecule has 26 heavy (non-hydrogen) atoms. The first kappa shape index (κ1) is 19.4. The molecule has 0 radical (unpaired) electrons. The second-order valence-electron chi connectivity index (χ2n) is 5.59. The zero-order chi connectivity index (χ0) is 18.9. The SMILES string of the molecule is CCOc1ccc(OCC(=O)N[C@@H](C)c2cc(OC)ccc2OC)cc1. The monoisotopic (exact) mass is 359 g/mol. The van der Waals surface area contributed by atoms with E-state index in [9.17, 15) is 4.79 Å². The number of carbonyl (C=O) groups is 1. The third-order valence-corrected chi connectivity index (χ3v) is 3.79. The van der Waals surface area contributed by atoms with Crippen LogP contribution in [0.15, 0.2) is 42.5 Å². The summed E-state index contributed by atoms with van der Waals surface area (Å²) in [5, 5.41) is 2.90. The minimum absolute atomic E-state index is 0.0788. The molecule has 0 bridgehead atoms. The second-order valence-corrected chi connectivity index (χ2v) is 5.59. The third-order valence-electron chi connectivity index (χ3n) is 3.79. The van der Waals surface area contributed by atoms with Crippen molar-refractivity contribution in [2.75, 3.05) is 27.4 Å². The lowest BCUT2D eigenvalue weighted by Crippen LogP contribution is -2.31. The first-order valence-electron chi connectivity index (χ1n) is 8.44. The van der Waals surface area contributed by atoms with E-state index in [1.807, 2.05) is 32.0 Å². The van der Waals surface area contributed by atoms with E-state index in [1.165, 1.54) is 0 Å². The summed E-state index contributed by atoms with van der Waals surface area (Å²) in [6, 6.07) is 12.4. The predicted octanol–water partition coefficient (Wildman–Crippen LogP) is 3.36. The maximum atomic E-state index is 12.2. The maximum Gasteiger partial charge on any atom is 0.258 e. The summed E-state index contributed by atoms with van der Waals surface area (Å²) < 4.78 is 21.5. The first-order chi connectivity index (χ1) is 12.6. The van der Waals surface area contributed by atoms with Crippen molar-refractivity contribution in [1.82, 2.24) is 5.32 Å². The van der Waals surface area contributed by atoms with Crippen molar-refractivity contribution >= 4 is 5.91 Å². The average Bonchev–Trinajstić information content (AvgIpc) is 2.67. The van der Waals surface area contributed by atoms with Crippen LogP contribution in [0.1, 0.15) is 25.5 Å². The molecule has 0 spiro atoms. The Hall–Kier alpha value is -2.89. The summed E-state index contributed by atoms with van der Waals surface area (Å²) in [5.74, 6) is 2.54. The summed E-state index contributed by atoms with van der Waals surface area (Å²) in [7, 11) is 3.19. The zero-order valence-electron chi connectivity index (χ0n) is 15.6. The molecule has 0 aromatic heterocycles. The number of nitrogens with one attached hydrogen (secondary N) is 1. The van der Waals surface area contributed by atoms with Crippen LogP contribution in [0.4, 0.5) is 0 Å². The zero-order valence-corrected chi connectivity index (χ0v) is 15.6. The number of amides is 1. The fraction of sp³-hybridized carbons (Fsp3) is 0.350. The van der Waals surface area contributed by atoms with Crippen LogP contribution in [0.3, 0.4) is 0 Å². The van der Waals surface area contributed by atoms with Crippen molar-refractivity contribution in [3.63, 3.8) is 0 Å². The minimum Gasteiger partial charge on any atom is -0.497 e. The summed E-state index contributed by atoms with van der Waals surface area (Å²) in [5.41, 5.74) is 0.835. The van der Waals surface area contributed by atoms with Gasteiger partial charge in [0.2, 0.25) is 0 Å². The Bertz CT molecular complexity index is 715. The number of methoxy groups -OCH3 is 2. The van der Waals surface area contributed by atoms with E-state index in [0.29, 0.717) is 23.9 Å². The number of rotatable bonds is 9. The molecule has 0 saturated carbocycles. The Labute approximate surface area is 154 Å². The molecule has 2 rings (SSSR count). The van der Waals surface area contributed by atoms with Gasteiger partial charge in [0.05, 0.1) is 26.9 Å². The fourth-order valence-electron chi connectivity index (χ4n) is 2.49. The molecule has 0 aliphatic carbocycles. The standard InChI is InChI=1S/C20H25NO5/c1-5-25-15-6-8-16(9-7-15)26-13-20(22)21-14(2)18-12-17(23-3)10-11-19(18)24-4/h6-12,14H,5,13H2,1-4H3,(H,21,22)/t14-/m0/s1. The number of hydrogen-bond donors (Lipinski definition) is 1. The molecule has 0 aliphatic heterocycles. The number of carbonyl (C=O) groups excluding carboxylic acids is 1. The molecule has 6 heteroatoms. The Kier molecular flexibility index (Phi) is 7.14. The quantitative estimate of drug-likeness (QED) is 0.744. The smallest absolute Gasteiger partial charge is 0.258 e. The molecular formula is C20H25NO5. The van der Waals surface area contributed by atoms with E-state index in [2.05, 4.69) is 5.32 Å². The molecule has 0 saturated heterocycles. The highest BCUT2D eigenvalue weighted by Gasteiger charge is 2.15. The molecule has 2 aromatic rings. The molecule has 0 aliphatic rings. The number of hydrogen-bond acceptors (Lipinski definition) is 5. The van der Waals surface area contributed by atoms with Gasteiger partial charge in [-0.05, 0) is 56.3 Å². The molecule has 140 valence electrons. The molecule has 1 atom stereocenters. The normalized spacial score (nSPS) is 11.4. The average molecular weight is 359 g/mol. The lowest BCUT2D eigenvalue weighted by molar-refractivity contribution is -0.123. The van der Waals surface area contributed by atoms with Crippen LogP contribution in [0.25, 0.3) is 0 Å². The number of benzene rings is 2. The van der Waals surface area contributed by atoms with Crippen molar-refractivity contribution in [1.29, 1.82) is 0 Å². The van der Waals surface area contributed by atoms with Crippen molar-refractivity contribution in [2.45, 2.75) is 19.9 Å². The maximum absolute atomic E-state index is 12.2. The summed E-state index contributed by atoms with van der Waals surface area (Å²) >= 11 is 0. The van der Waals surface area contributed by atoms with Gasteiger partial charge in [-0.15, -0.1) is 0 Å². The van der Waals surface area contributed by atoms with Crippen LogP contribution >= 0.6 is 0 Å². The van der Waals surface area contributed by atoms with E-state index in [1.54, 1.807) is 38.5 Å². The Morgan fingerprint density at radius 3 is 2.15 bits per heavy atom. The Morgan fingerprint density at radius 2 is 1.58 bits per heavy atom. The summed E-state index contributed by atoms with van der Waals surface area (Å²) in [6.07, 6.45) is 0. The van der Waals surface area contributed by atoms with Gasteiger partial charge in [0, 0.05) is 5.56 Å². The van der Waals surface area contributed by atoms with Gasteiger partial charge >= 0.3 is 0 Å².